The van der Waals surface area contributed by atoms with Crippen LogP contribution in [0.3, 0.4) is 0 Å². The van der Waals surface area contributed by atoms with Crippen molar-refractivity contribution in [1.82, 2.24) is 0 Å². The largest absolute Gasteiger partial charge is 0.488 e. The van der Waals surface area contributed by atoms with E-state index in [1.165, 1.54) is 12.2 Å². The summed E-state index contributed by atoms with van der Waals surface area (Å²) in [6.45, 7) is -0.603. The molecule has 0 amide bonds. The predicted molar refractivity (Wildman–Crippen MR) is 82.4 cm³/mol. The second-order valence-electron chi connectivity index (χ2n) is 4.71. The van der Waals surface area contributed by atoms with Crippen LogP contribution in [-0.2, 0) is 9.53 Å². The highest BCUT2D eigenvalue weighted by molar-refractivity contribution is 6.21. The van der Waals surface area contributed by atoms with Gasteiger partial charge in [-0.2, -0.15) is 0 Å². The number of nitrogens with zero attached hydrogens (tertiary/aromatic N) is 1. The molecule has 0 aliphatic heterocycles. The Balaban J connectivity index is 2.26. The minimum atomic E-state index is -1.04. The molecule has 22 heavy (non-hydrogen) atoms. The van der Waals surface area contributed by atoms with Gasteiger partial charge in [0.1, 0.15) is 24.2 Å². The number of aliphatic hydroxyl groups excluding tert-OH is 2. The van der Waals surface area contributed by atoms with Crippen molar-refractivity contribution in [2.24, 2.45) is 10.7 Å². The number of benzene rings is 1. The minimum absolute atomic E-state index is 0.0456. The zero-order valence-corrected chi connectivity index (χ0v) is 11.8. The molecule has 7 heteroatoms. The summed E-state index contributed by atoms with van der Waals surface area (Å²) in [5, 5.41) is 18.1. The van der Waals surface area contributed by atoms with Crippen LogP contribution in [0, 0.1) is 0 Å². The van der Waals surface area contributed by atoms with Crippen molar-refractivity contribution in [1.29, 1.82) is 0 Å². The first-order chi connectivity index (χ1) is 10.5. The molecule has 0 saturated heterocycles. The molecule has 0 spiro atoms. The van der Waals surface area contributed by atoms with Crippen LogP contribution in [0.1, 0.15) is 0 Å². The van der Waals surface area contributed by atoms with Gasteiger partial charge in [-0.05, 0) is 30.3 Å². The Morgan fingerprint density at radius 2 is 1.86 bits per heavy atom. The van der Waals surface area contributed by atoms with Crippen LogP contribution in [0.4, 0.5) is 11.4 Å². The van der Waals surface area contributed by atoms with Gasteiger partial charge in [0.15, 0.2) is 0 Å². The van der Waals surface area contributed by atoms with Crippen molar-refractivity contribution in [2.75, 3.05) is 18.9 Å². The maximum absolute atomic E-state index is 11.6. The SMILES string of the molecule is NC1=CC(=Nc2ccc(N)cc2)C(OCC(O)CO)=CC1=O. The number of aliphatic hydroxyl groups is 2. The maximum Gasteiger partial charge on any atom is 0.205 e. The number of ether oxygens (including phenoxy) is 1. The van der Waals surface area contributed by atoms with Crippen molar-refractivity contribution in [3.63, 3.8) is 0 Å². The third-order valence-electron chi connectivity index (χ3n) is 2.88. The second-order valence-corrected chi connectivity index (χ2v) is 4.71. The van der Waals surface area contributed by atoms with Gasteiger partial charge in [-0.25, -0.2) is 4.99 Å². The number of anilines is 1. The summed E-state index contributed by atoms with van der Waals surface area (Å²) in [5.74, 6) is -0.215. The number of nitrogens with two attached hydrogens (primary N) is 2. The normalized spacial score (nSPS) is 17.9. The summed E-state index contributed by atoms with van der Waals surface area (Å²) >= 11 is 0. The van der Waals surface area contributed by atoms with E-state index < -0.39 is 18.5 Å². The van der Waals surface area contributed by atoms with Crippen molar-refractivity contribution >= 4 is 22.9 Å². The van der Waals surface area contributed by atoms with Crippen LogP contribution in [0.15, 0.2) is 52.9 Å². The molecule has 0 bridgehead atoms. The van der Waals surface area contributed by atoms with Crippen molar-refractivity contribution in [2.45, 2.75) is 6.10 Å². The van der Waals surface area contributed by atoms with E-state index >= 15 is 0 Å². The fourth-order valence-corrected chi connectivity index (χ4v) is 1.70. The van der Waals surface area contributed by atoms with Gasteiger partial charge in [0, 0.05) is 11.8 Å². The molecular weight excluding hydrogens is 286 g/mol. The summed E-state index contributed by atoms with van der Waals surface area (Å²) in [7, 11) is 0. The maximum atomic E-state index is 11.6. The Hall–Kier alpha value is -2.64. The van der Waals surface area contributed by atoms with E-state index in [9.17, 15) is 9.90 Å². The topological polar surface area (TPSA) is 131 Å². The molecule has 0 radical (unpaired) electrons. The summed E-state index contributed by atoms with van der Waals surface area (Å²) in [5.41, 5.74) is 12.8. The number of carbonyl (C=O) groups is 1. The highest BCUT2D eigenvalue weighted by Crippen LogP contribution is 2.19. The van der Waals surface area contributed by atoms with Gasteiger partial charge in [0.2, 0.25) is 5.78 Å². The summed E-state index contributed by atoms with van der Waals surface area (Å²) in [4.78, 5) is 16.0. The molecule has 1 aliphatic rings. The molecule has 1 aromatic carbocycles. The lowest BCUT2D eigenvalue weighted by atomic mass is 10.1. The van der Waals surface area contributed by atoms with Gasteiger partial charge in [-0.1, -0.05) is 0 Å². The molecule has 0 fully saturated rings. The number of carbonyl (C=O) groups excluding carboxylic acids is 1. The van der Waals surface area contributed by atoms with E-state index in [4.69, 9.17) is 21.3 Å². The highest BCUT2D eigenvalue weighted by Gasteiger charge is 2.19. The quantitative estimate of drug-likeness (QED) is 0.448. The third-order valence-corrected chi connectivity index (χ3v) is 2.88. The summed E-state index contributed by atoms with van der Waals surface area (Å²) in [6, 6.07) is 6.81. The molecule has 116 valence electrons. The molecule has 0 saturated carbocycles. The van der Waals surface area contributed by atoms with Crippen molar-refractivity contribution in [3.8, 4) is 0 Å². The third kappa shape index (κ3) is 3.94. The van der Waals surface area contributed by atoms with Gasteiger partial charge in [0.05, 0.1) is 18.0 Å². The standard InChI is InChI=1S/C15H17N3O4/c16-9-1-3-10(4-2-9)18-13-5-12(17)14(21)6-15(13)22-8-11(20)7-19/h1-6,11,19-20H,7-8,16-17H2. The molecule has 1 aromatic rings. The van der Waals surface area contributed by atoms with E-state index in [-0.39, 0.29) is 18.1 Å². The van der Waals surface area contributed by atoms with Gasteiger partial charge in [0.25, 0.3) is 0 Å². The minimum Gasteiger partial charge on any atom is -0.488 e. The van der Waals surface area contributed by atoms with E-state index in [0.29, 0.717) is 17.1 Å². The number of hydrogen-bond donors (Lipinski definition) is 4. The van der Waals surface area contributed by atoms with Crippen LogP contribution in [0.25, 0.3) is 0 Å². The van der Waals surface area contributed by atoms with Crippen LogP contribution >= 0.6 is 0 Å². The lowest BCUT2D eigenvalue weighted by molar-refractivity contribution is -0.111. The van der Waals surface area contributed by atoms with Gasteiger partial charge < -0.3 is 26.4 Å². The van der Waals surface area contributed by atoms with Crippen LogP contribution in [0.5, 0.6) is 0 Å². The van der Waals surface area contributed by atoms with Gasteiger partial charge in [-0.3, -0.25) is 4.79 Å². The Kier molecular flexibility index (Phi) is 4.92. The number of allylic oxidation sites excluding steroid dienone is 2. The van der Waals surface area contributed by atoms with Crippen LogP contribution in [0.2, 0.25) is 0 Å². The first-order valence-corrected chi connectivity index (χ1v) is 6.59. The second kappa shape index (κ2) is 6.88. The van der Waals surface area contributed by atoms with E-state index in [0.717, 1.165) is 0 Å². The Morgan fingerprint density at radius 1 is 1.18 bits per heavy atom. The lowest BCUT2D eigenvalue weighted by Crippen LogP contribution is -2.24. The first-order valence-electron chi connectivity index (χ1n) is 6.59. The molecule has 1 aliphatic carbocycles. The molecule has 1 atom stereocenters. The molecule has 2 rings (SSSR count). The smallest absolute Gasteiger partial charge is 0.205 e. The average Bonchev–Trinajstić information content (AvgIpc) is 2.51. The van der Waals surface area contributed by atoms with Crippen LogP contribution in [-0.4, -0.2) is 41.0 Å². The Labute approximate surface area is 127 Å². The van der Waals surface area contributed by atoms with Gasteiger partial charge in [-0.15, -0.1) is 0 Å². The number of nitrogen functional groups attached to an aromatic ring is 1. The Morgan fingerprint density at radius 3 is 2.50 bits per heavy atom. The highest BCUT2D eigenvalue weighted by atomic mass is 16.5. The number of aliphatic imine (C=N–C) groups is 1. The number of hydrogen-bond acceptors (Lipinski definition) is 7. The summed E-state index contributed by atoms with van der Waals surface area (Å²) in [6.07, 6.45) is 1.56. The lowest BCUT2D eigenvalue weighted by Gasteiger charge is -2.16. The van der Waals surface area contributed by atoms with Crippen LogP contribution < -0.4 is 11.5 Å². The summed E-state index contributed by atoms with van der Waals surface area (Å²) < 4.78 is 5.34. The number of ketones is 1. The van der Waals surface area contributed by atoms with Crippen molar-refractivity contribution in [3.05, 3.63) is 47.9 Å². The molecular formula is C15H17N3O4. The monoisotopic (exact) mass is 303 g/mol. The zero-order valence-electron chi connectivity index (χ0n) is 11.8. The molecule has 0 heterocycles. The van der Waals surface area contributed by atoms with Gasteiger partial charge >= 0.3 is 0 Å². The van der Waals surface area contributed by atoms with E-state index in [1.807, 2.05) is 0 Å². The molecule has 7 nitrogen and oxygen atoms in total. The molecule has 6 N–H and O–H groups in total. The molecule has 1 unspecified atom stereocenters. The average molecular weight is 303 g/mol. The van der Waals surface area contributed by atoms with Crippen molar-refractivity contribution < 1.29 is 19.7 Å². The van der Waals surface area contributed by atoms with E-state index in [1.54, 1.807) is 24.3 Å². The fourth-order valence-electron chi connectivity index (χ4n) is 1.70. The number of rotatable bonds is 5. The molecule has 0 aromatic heterocycles. The predicted octanol–water partition coefficient (Wildman–Crippen LogP) is 0.0203. The van der Waals surface area contributed by atoms with E-state index in [2.05, 4.69) is 4.99 Å². The first kappa shape index (κ1) is 15.7. The fraction of sp³-hybridized carbons (Fsp3) is 0.200. The Bertz CT molecular complexity index is 647. The zero-order chi connectivity index (χ0) is 16.1.